The molecule has 1 atom stereocenters. The third-order valence-electron chi connectivity index (χ3n) is 3.66. The highest BCUT2D eigenvalue weighted by atomic mass is 16.4. The van der Waals surface area contributed by atoms with E-state index in [1.165, 1.54) is 11.8 Å². The molecule has 0 fully saturated rings. The summed E-state index contributed by atoms with van der Waals surface area (Å²) in [6.07, 6.45) is 0. The van der Waals surface area contributed by atoms with E-state index in [-0.39, 0.29) is 12.3 Å². The predicted octanol–water partition coefficient (Wildman–Crippen LogP) is 3.01. The van der Waals surface area contributed by atoms with Gasteiger partial charge in [-0.1, -0.05) is 30.3 Å². The number of hydrogen-bond acceptors (Lipinski definition) is 3. The van der Waals surface area contributed by atoms with Crippen molar-refractivity contribution in [1.82, 2.24) is 4.90 Å². The number of rotatable bonds is 5. The highest BCUT2D eigenvalue weighted by Gasteiger charge is 2.28. The van der Waals surface area contributed by atoms with E-state index < -0.39 is 17.9 Å². The minimum Gasteiger partial charge on any atom is -0.480 e. The van der Waals surface area contributed by atoms with E-state index in [0.29, 0.717) is 5.76 Å². The SMILES string of the molecule is Cc1cc(C(=O)N(Cc2ccccc2)C(C)C(=O)O)oc1C. The molecule has 1 aromatic carbocycles. The smallest absolute Gasteiger partial charge is 0.326 e. The third-order valence-corrected chi connectivity index (χ3v) is 3.66. The summed E-state index contributed by atoms with van der Waals surface area (Å²) < 4.78 is 5.44. The highest BCUT2D eigenvalue weighted by Crippen LogP contribution is 2.18. The van der Waals surface area contributed by atoms with Gasteiger partial charge in [-0.2, -0.15) is 0 Å². The van der Waals surface area contributed by atoms with E-state index in [0.717, 1.165) is 11.1 Å². The normalized spacial score (nSPS) is 12.0. The molecule has 2 aromatic rings. The molecule has 1 unspecified atom stereocenters. The molecule has 0 bridgehead atoms. The Balaban J connectivity index is 2.31. The molecule has 1 aromatic heterocycles. The van der Waals surface area contributed by atoms with Crippen LogP contribution in [-0.2, 0) is 11.3 Å². The molecule has 0 aliphatic carbocycles. The number of carbonyl (C=O) groups is 2. The van der Waals surface area contributed by atoms with E-state index in [1.54, 1.807) is 13.0 Å². The van der Waals surface area contributed by atoms with E-state index >= 15 is 0 Å². The number of carboxylic acid groups (broad SMARTS) is 1. The largest absolute Gasteiger partial charge is 0.480 e. The minimum absolute atomic E-state index is 0.166. The van der Waals surface area contributed by atoms with Gasteiger partial charge in [-0.25, -0.2) is 4.79 Å². The van der Waals surface area contributed by atoms with Crippen molar-refractivity contribution in [2.75, 3.05) is 0 Å². The maximum atomic E-state index is 12.6. The van der Waals surface area contributed by atoms with Crippen LogP contribution >= 0.6 is 0 Å². The molecular weight excluding hydrogens is 282 g/mol. The summed E-state index contributed by atoms with van der Waals surface area (Å²) in [5, 5.41) is 9.26. The number of amides is 1. The number of hydrogen-bond donors (Lipinski definition) is 1. The molecule has 5 heteroatoms. The van der Waals surface area contributed by atoms with Crippen LogP contribution < -0.4 is 0 Å². The van der Waals surface area contributed by atoms with Crippen LogP contribution in [0.4, 0.5) is 0 Å². The zero-order valence-electron chi connectivity index (χ0n) is 12.9. The van der Waals surface area contributed by atoms with E-state index in [4.69, 9.17) is 4.42 Å². The Morgan fingerprint density at radius 2 is 1.86 bits per heavy atom. The maximum absolute atomic E-state index is 12.6. The Morgan fingerprint density at radius 1 is 1.23 bits per heavy atom. The quantitative estimate of drug-likeness (QED) is 0.921. The molecule has 1 amide bonds. The lowest BCUT2D eigenvalue weighted by Crippen LogP contribution is -2.42. The molecule has 5 nitrogen and oxygen atoms in total. The fourth-order valence-electron chi connectivity index (χ4n) is 2.12. The van der Waals surface area contributed by atoms with Crippen molar-refractivity contribution in [2.24, 2.45) is 0 Å². The summed E-state index contributed by atoms with van der Waals surface area (Å²) in [6, 6.07) is 9.98. The van der Waals surface area contributed by atoms with Crippen molar-refractivity contribution in [1.29, 1.82) is 0 Å². The Kier molecular flexibility index (Phi) is 4.65. The summed E-state index contributed by atoms with van der Waals surface area (Å²) in [6.45, 7) is 5.32. The fraction of sp³-hybridized carbons (Fsp3) is 0.294. The molecule has 22 heavy (non-hydrogen) atoms. The summed E-state index contributed by atoms with van der Waals surface area (Å²) in [5.41, 5.74) is 1.73. The average molecular weight is 301 g/mol. The standard InChI is InChI=1S/C17H19NO4/c1-11-9-15(22-13(11)3)16(19)18(12(2)17(20)21)10-14-7-5-4-6-8-14/h4-9,12H,10H2,1-3H3,(H,20,21). The summed E-state index contributed by atoms with van der Waals surface area (Å²) in [4.78, 5) is 25.2. The van der Waals surface area contributed by atoms with Crippen LogP contribution in [0.15, 0.2) is 40.8 Å². The molecule has 0 saturated heterocycles. The zero-order chi connectivity index (χ0) is 16.3. The molecular formula is C17H19NO4. The minimum atomic E-state index is -1.05. The predicted molar refractivity (Wildman–Crippen MR) is 81.6 cm³/mol. The van der Waals surface area contributed by atoms with Crippen LogP contribution in [-0.4, -0.2) is 27.9 Å². The van der Waals surface area contributed by atoms with Crippen LogP contribution in [0.1, 0.15) is 34.4 Å². The van der Waals surface area contributed by atoms with Gasteiger partial charge in [0.15, 0.2) is 5.76 Å². The van der Waals surface area contributed by atoms with Gasteiger partial charge in [-0.05, 0) is 38.0 Å². The number of benzene rings is 1. The molecule has 1 heterocycles. The van der Waals surface area contributed by atoms with Crippen molar-refractivity contribution in [3.05, 3.63) is 59.0 Å². The van der Waals surface area contributed by atoms with Crippen molar-refractivity contribution in [2.45, 2.75) is 33.4 Å². The molecule has 0 radical (unpaired) electrons. The van der Waals surface area contributed by atoms with Crippen LogP contribution in [0, 0.1) is 13.8 Å². The Labute approximate surface area is 129 Å². The van der Waals surface area contributed by atoms with Gasteiger partial charge in [0.05, 0.1) is 0 Å². The second kappa shape index (κ2) is 6.47. The molecule has 116 valence electrons. The number of aryl methyl sites for hydroxylation is 2. The monoisotopic (exact) mass is 301 g/mol. The van der Waals surface area contributed by atoms with Gasteiger partial charge in [0, 0.05) is 6.54 Å². The Bertz CT molecular complexity index is 656. The second-order valence-corrected chi connectivity index (χ2v) is 5.28. The molecule has 0 saturated carbocycles. The summed E-state index contributed by atoms with van der Waals surface area (Å²) >= 11 is 0. The first-order valence-electron chi connectivity index (χ1n) is 7.05. The fourth-order valence-corrected chi connectivity index (χ4v) is 2.12. The van der Waals surface area contributed by atoms with Gasteiger partial charge in [-0.3, -0.25) is 4.79 Å². The van der Waals surface area contributed by atoms with Crippen molar-refractivity contribution >= 4 is 11.9 Å². The lowest BCUT2D eigenvalue weighted by Gasteiger charge is -2.25. The van der Waals surface area contributed by atoms with Crippen LogP contribution in [0.3, 0.4) is 0 Å². The first-order valence-corrected chi connectivity index (χ1v) is 7.05. The van der Waals surface area contributed by atoms with Crippen LogP contribution in [0.2, 0.25) is 0 Å². The molecule has 1 N–H and O–H groups in total. The first kappa shape index (κ1) is 15.8. The molecule has 0 aliphatic heterocycles. The van der Waals surface area contributed by atoms with Gasteiger partial charge in [0.2, 0.25) is 0 Å². The van der Waals surface area contributed by atoms with Gasteiger partial charge in [0.1, 0.15) is 11.8 Å². The summed E-state index contributed by atoms with van der Waals surface area (Å²) in [7, 11) is 0. The maximum Gasteiger partial charge on any atom is 0.326 e. The lowest BCUT2D eigenvalue weighted by molar-refractivity contribution is -0.141. The van der Waals surface area contributed by atoms with Crippen LogP contribution in [0.25, 0.3) is 0 Å². The van der Waals surface area contributed by atoms with Crippen molar-refractivity contribution in [3.63, 3.8) is 0 Å². The second-order valence-electron chi connectivity index (χ2n) is 5.28. The number of carbonyl (C=O) groups excluding carboxylic acids is 1. The molecule has 0 spiro atoms. The topological polar surface area (TPSA) is 70.8 Å². The first-order chi connectivity index (χ1) is 10.4. The lowest BCUT2D eigenvalue weighted by atomic mass is 10.1. The van der Waals surface area contributed by atoms with Crippen molar-refractivity contribution in [3.8, 4) is 0 Å². The average Bonchev–Trinajstić information content (AvgIpc) is 2.84. The van der Waals surface area contributed by atoms with E-state index in [2.05, 4.69) is 0 Å². The van der Waals surface area contributed by atoms with E-state index in [1.807, 2.05) is 37.3 Å². The summed E-state index contributed by atoms with van der Waals surface area (Å²) in [5.74, 6) is -0.649. The molecule has 2 rings (SSSR count). The zero-order valence-corrected chi connectivity index (χ0v) is 12.9. The number of carboxylic acids is 1. The van der Waals surface area contributed by atoms with Crippen molar-refractivity contribution < 1.29 is 19.1 Å². The number of furan rings is 1. The number of nitrogens with zero attached hydrogens (tertiary/aromatic N) is 1. The van der Waals surface area contributed by atoms with Gasteiger partial charge < -0.3 is 14.4 Å². The van der Waals surface area contributed by atoms with Gasteiger partial charge >= 0.3 is 5.97 Å². The number of aliphatic carboxylic acids is 1. The van der Waals surface area contributed by atoms with E-state index in [9.17, 15) is 14.7 Å². The third kappa shape index (κ3) is 3.36. The highest BCUT2D eigenvalue weighted by molar-refractivity contribution is 5.94. The van der Waals surface area contributed by atoms with Crippen LogP contribution in [0.5, 0.6) is 0 Å². The van der Waals surface area contributed by atoms with Gasteiger partial charge in [-0.15, -0.1) is 0 Å². The Morgan fingerprint density at radius 3 is 2.36 bits per heavy atom. The molecule has 0 aliphatic rings. The van der Waals surface area contributed by atoms with Gasteiger partial charge in [0.25, 0.3) is 5.91 Å². The Hall–Kier alpha value is -2.56.